The second kappa shape index (κ2) is 9.34. The first-order chi connectivity index (χ1) is 8.36. The Labute approximate surface area is 112 Å². The summed E-state index contributed by atoms with van der Waals surface area (Å²) in [5, 5.41) is 3.27. The highest BCUT2D eigenvalue weighted by Crippen LogP contribution is 2.02. The average Bonchev–Trinajstić information content (AvgIpc) is 2.22. The van der Waals surface area contributed by atoms with Crippen molar-refractivity contribution in [2.75, 3.05) is 26.7 Å². The first-order valence-electron chi connectivity index (χ1n) is 6.98. The molecule has 0 saturated heterocycles. The maximum Gasteiger partial charge on any atom is 0.323 e. The van der Waals surface area contributed by atoms with E-state index in [0.717, 1.165) is 19.5 Å². The molecule has 108 valence electrons. The van der Waals surface area contributed by atoms with Gasteiger partial charge in [0.2, 0.25) is 0 Å². The molecule has 4 nitrogen and oxygen atoms in total. The van der Waals surface area contributed by atoms with Gasteiger partial charge in [0.1, 0.15) is 6.04 Å². The molecule has 0 bridgehead atoms. The van der Waals surface area contributed by atoms with E-state index in [1.165, 1.54) is 0 Å². The fourth-order valence-corrected chi connectivity index (χ4v) is 1.98. The zero-order chi connectivity index (χ0) is 14.1. The van der Waals surface area contributed by atoms with E-state index >= 15 is 0 Å². The fourth-order valence-electron chi connectivity index (χ4n) is 1.98. The second-order valence-corrected chi connectivity index (χ2v) is 5.57. The minimum Gasteiger partial charge on any atom is -0.465 e. The lowest BCUT2D eigenvalue weighted by molar-refractivity contribution is -0.146. The maximum atomic E-state index is 11.8. The molecule has 0 aromatic heterocycles. The van der Waals surface area contributed by atoms with Crippen LogP contribution in [0.15, 0.2) is 0 Å². The summed E-state index contributed by atoms with van der Waals surface area (Å²) in [6, 6.07) is 0.0920. The summed E-state index contributed by atoms with van der Waals surface area (Å²) in [7, 11) is 2.09. The predicted octanol–water partition coefficient (Wildman–Crippen LogP) is 1.89. The molecular weight excluding hydrogens is 228 g/mol. The number of hydrogen-bond acceptors (Lipinski definition) is 4. The van der Waals surface area contributed by atoms with Crippen molar-refractivity contribution in [1.82, 2.24) is 10.2 Å². The molecule has 0 aliphatic heterocycles. The predicted molar refractivity (Wildman–Crippen MR) is 75.6 cm³/mol. The molecule has 0 fully saturated rings. The molecule has 0 aliphatic rings. The molecule has 18 heavy (non-hydrogen) atoms. The van der Waals surface area contributed by atoms with Crippen LogP contribution in [0.2, 0.25) is 0 Å². The van der Waals surface area contributed by atoms with Gasteiger partial charge in [0.15, 0.2) is 0 Å². The van der Waals surface area contributed by atoms with E-state index in [-0.39, 0.29) is 18.1 Å². The molecule has 0 aromatic carbocycles. The summed E-state index contributed by atoms with van der Waals surface area (Å²) >= 11 is 0. The Morgan fingerprint density at radius 1 is 1.28 bits per heavy atom. The average molecular weight is 258 g/mol. The van der Waals surface area contributed by atoms with Crippen LogP contribution in [0.5, 0.6) is 0 Å². The van der Waals surface area contributed by atoms with Crippen molar-refractivity contribution in [1.29, 1.82) is 0 Å². The van der Waals surface area contributed by atoms with Gasteiger partial charge in [0.25, 0.3) is 0 Å². The summed E-state index contributed by atoms with van der Waals surface area (Å²) in [6.45, 7) is 12.7. The Balaban J connectivity index is 4.19. The molecule has 0 aromatic rings. The van der Waals surface area contributed by atoms with Crippen molar-refractivity contribution >= 4 is 5.97 Å². The van der Waals surface area contributed by atoms with Gasteiger partial charge >= 0.3 is 5.97 Å². The molecule has 0 saturated carbocycles. The van der Waals surface area contributed by atoms with Gasteiger partial charge in [-0.05, 0) is 32.9 Å². The van der Waals surface area contributed by atoms with Gasteiger partial charge < -0.3 is 15.0 Å². The van der Waals surface area contributed by atoms with Crippen molar-refractivity contribution in [2.45, 2.75) is 53.1 Å². The SMILES string of the molecule is CCOC(=O)C(CCN(C)CC(C)C)NC(C)C. The van der Waals surface area contributed by atoms with Crippen molar-refractivity contribution in [3.63, 3.8) is 0 Å². The van der Waals surface area contributed by atoms with E-state index in [9.17, 15) is 4.79 Å². The summed E-state index contributed by atoms with van der Waals surface area (Å²) in [4.78, 5) is 14.1. The monoisotopic (exact) mass is 258 g/mol. The summed E-state index contributed by atoms with van der Waals surface area (Å²) in [6.07, 6.45) is 0.792. The summed E-state index contributed by atoms with van der Waals surface area (Å²) in [5.41, 5.74) is 0. The molecule has 0 radical (unpaired) electrons. The number of carbonyl (C=O) groups is 1. The van der Waals surface area contributed by atoms with E-state index in [4.69, 9.17) is 4.74 Å². The molecule has 0 rings (SSSR count). The van der Waals surface area contributed by atoms with Gasteiger partial charge in [-0.1, -0.05) is 27.7 Å². The zero-order valence-corrected chi connectivity index (χ0v) is 12.8. The van der Waals surface area contributed by atoms with E-state index in [0.29, 0.717) is 12.5 Å². The van der Waals surface area contributed by atoms with Gasteiger partial charge in [-0.2, -0.15) is 0 Å². The van der Waals surface area contributed by atoms with Gasteiger partial charge in [0.05, 0.1) is 6.61 Å². The summed E-state index contributed by atoms with van der Waals surface area (Å²) < 4.78 is 5.10. The number of rotatable bonds is 9. The van der Waals surface area contributed by atoms with E-state index < -0.39 is 0 Å². The van der Waals surface area contributed by atoms with E-state index in [1.54, 1.807) is 0 Å². The standard InChI is InChI=1S/C14H30N2O2/c1-7-18-14(17)13(15-12(4)5)8-9-16(6)10-11(2)3/h11-13,15H,7-10H2,1-6H3. The topological polar surface area (TPSA) is 41.6 Å². The molecule has 0 heterocycles. The lowest BCUT2D eigenvalue weighted by atomic mass is 10.1. The quantitative estimate of drug-likeness (QED) is 0.641. The van der Waals surface area contributed by atoms with Gasteiger partial charge in [-0.3, -0.25) is 4.79 Å². The molecule has 1 unspecified atom stereocenters. The number of carbonyl (C=O) groups excluding carboxylic acids is 1. The van der Waals surface area contributed by atoms with E-state index in [2.05, 4.69) is 31.1 Å². The van der Waals surface area contributed by atoms with Crippen LogP contribution in [0.1, 0.15) is 41.0 Å². The summed E-state index contributed by atoms with van der Waals surface area (Å²) in [5.74, 6) is 0.512. The number of nitrogens with one attached hydrogen (secondary N) is 1. The lowest BCUT2D eigenvalue weighted by Crippen LogP contribution is -2.44. The first kappa shape index (κ1) is 17.4. The third kappa shape index (κ3) is 8.48. The van der Waals surface area contributed by atoms with Gasteiger partial charge in [-0.15, -0.1) is 0 Å². The Hall–Kier alpha value is -0.610. The lowest BCUT2D eigenvalue weighted by Gasteiger charge is -2.24. The molecule has 1 N–H and O–H groups in total. The third-order valence-corrected chi connectivity index (χ3v) is 2.58. The Morgan fingerprint density at radius 2 is 1.89 bits per heavy atom. The highest BCUT2D eigenvalue weighted by atomic mass is 16.5. The van der Waals surface area contributed by atoms with Gasteiger partial charge in [-0.25, -0.2) is 0 Å². The van der Waals surface area contributed by atoms with Crippen LogP contribution < -0.4 is 5.32 Å². The Bertz CT molecular complexity index is 230. The third-order valence-electron chi connectivity index (χ3n) is 2.58. The van der Waals surface area contributed by atoms with E-state index in [1.807, 2.05) is 20.8 Å². The Morgan fingerprint density at radius 3 is 2.33 bits per heavy atom. The van der Waals surface area contributed by atoms with Crippen LogP contribution in [0.3, 0.4) is 0 Å². The van der Waals surface area contributed by atoms with Crippen LogP contribution in [-0.4, -0.2) is 49.7 Å². The number of nitrogens with zero attached hydrogens (tertiary/aromatic N) is 1. The minimum absolute atomic E-state index is 0.135. The van der Waals surface area contributed by atoms with Gasteiger partial charge in [0, 0.05) is 12.6 Å². The molecular formula is C14H30N2O2. The Kier molecular flexibility index (Phi) is 9.02. The number of esters is 1. The zero-order valence-electron chi connectivity index (χ0n) is 12.8. The fraction of sp³-hybridized carbons (Fsp3) is 0.929. The minimum atomic E-state index is -0.195. The highest BCUT2D eigenvalue weighted by Gasteiger charge is 2.20. The molecule has 1 atom stereocenters. The van der Waals surface area contributed by atoms with Crippen LogP contribution in [0.25, 0.3) is 0 Å². The molecule has 4 heteroatoms. The van der Waals surface area contributed by atoms with Crippen molar-refractivity contribution in [3.8, 4) is 0 Å². The van der Waals surface area contributed by atoms with Crippen molar-refractivity contribution < 1.29 is 9.53 Å². The van der Waals surface area contributed by atoms with Crippen LogP contribution >= 0.6 is 0 Å². The maximum absolute atomic E-state index is 11.8. The number of ether oxygens (including phenoxy) is 1. The highest BCUT2D eigenvalue weighted by molar-refractivity contribution is 5.75. The van der Waals surface area contributed by atoms with Crippen LogP contribution in [0, 0.1) is 5.92 Å². The molecule has 0 amide bonds. The largest absolute Gasteiger partial charge is 0.465 e. The molecule has 0 aliphatic carbocycles. The number of hydrogen-bond donors (Lipinski definition) is 1. The van der Waals surface area contributed by atoms with Crippen molar-refractivity contribution in [2.24, 2.45) is 5.92 Å². The molecule has 0 spiro atoms. The van der Waals surface area contributed by atoms with Crippen LogP contribution in [-0.2, 0) is 9.53 Å². The van der Waals surface area contributed by atoms with Crippen molar-refractivity contribution in [3.05, 3.63) is 0 Å². The van der Waals surface area contributed by atoms with Crippen LogP contribution in [0.4, 0.5) is 0 Å². The normalized spacial score (nSPS) is 13.4. The first-order valence-corrected chi connectivity index (χ1v) is 6.98. The second-order valence-electron chi connectivity index (χ2n) is 5.57. The smallest absolute Gasteiger partial charge is 0.323 e.